The molecule has 1 amide bonds. The van der Waals surface area contributed by atoms with Gasteiger partial charge >= 0.3 is 0 Å². The zero-order valence-corrected chi connectivity index (χ0v) is 16.2. The molecule has 3 N–H and O–H groups in total. The van der Waals surface area contributed by atoms with Gasteiger partial charge in [0.25, 0.3) is 5.91 Å². The van der Waals surface area contributed by atoms with Gasteiger partial charge in [-0.15, -0.1) is 0 Å². The topological polar surface area (TPSA) is 117 Å². The lowest BCUT2D eigenvalue weighted by molar-refractivity contribution is 0.0903. The van der Waals surface area contributed by atoms with Gasteiger partial charge in [0.15, 0.2) is 10.7 Å². The highest BCUT2D eigenvalue weighted by molar-refractivity contribution is 8.22. The monoisotopic (exact) mass is 397 g/mol. The van der Waals surface area contributed by atoms with Crippen molar-refractivity contribution < 1.29 is 19.8 Å². The molecule has 150 valence electrons. The Bertz CT molecular complexity index is 837. The number of hydrogen-bond acceptors (Lipinski definition) is 7. The highest BCUT2D eigenvalue weighted by Crippen LogP contribution is 2.53. The van der Waals surface area contributed by atoms with Crippen LogP contribution in [0.2, 0.25) is 0 Å². The summed E-state index contributed by atoms with van der Waals surface area (Å²) in [7, 11) is -1.34. The van der Waals surface area contributed by atoms with Gasteiger partial charge in [0, 0.05) is 45.3 Å². The third kappa shape index (κ3) is 3.75. The number of carbonyl (C=O) groups excluding carboxylic acids is 1. The van der Waals surface area contributed by atoms with E-state index in [-0.39, 0.29) is 24.4 Å². The molecule has 0 spiro atoms. The van der Waals surface area contributed by atoms with E-state index in [2.05, 4.69) is 15.5 Å². The maximum absolute atomic E-state index is 12.4. The van der Waals surface area contributed by atoms with E-state index >= 15 is 0 Å². The summed E-state index contributed by atoms with van der Waals surface area (Å²) in [5.74, 6) is 0.958. The minimum absolute atomic E-state index is 0. The molecule has 2 aliphatic rings. The molecule has 1 aliphatic carbocycles. The molecule has 9 nitrogen and oxygen atoms in total. The van der Waals surface area contributed by atoms with Crippen molar-refractivity contribution in [3.8, 4) is 0 Å². The first kappa shape index (κ1) is 18.5. The Hall–Kier alpha value is -1.88. The molecule has 10 heteroatoms. The number of hydrogen-bond donors (Lipinski definition) is 3. The second kappa shape index (κ2) is 6.93. The molecule has 2 aromatic rings. The second-order valence-electron chi connectivity index (χ2n) is 7.47. The van der Waals surface area contributed by atoms with Gasteiger partial charge < -0.3 is 14.4 Å². The number of carbonyl (C=O) groups is 1. The van der Waals surface area contributed by atoms with Gasteiger partial charge in [-0.25, -0.2) is 4.98 Å². The fraction of sp³-hybridized carbons (Fsp3) is 0.588. The van der Waals surface area contributed by atoms with E-state index in [9.17, 15) is 13.9 Å². The first-order valence-corrected chi connectivity index (χ1v) is 10.7. The molecule has 4 rings (SSSR count). The van der Waals surface area contributed by atoms with Crippen LogP contribution in [-0.4, -0.2) is 52.7 Å². The fourth-order valence-electron chi connectivity index (χ4n) is 3.53. The van der Waals surface area contributed by atoms with E-state index in [1.165, 1.54) is 0 Å². The lowest BCUT2D eigenvalue weighted by Crippen LogP contribution is -2.49. The van der Waals surface area contributed by atoms with Crippen LogP contribution in [0.15, 0.2) is 28.1 Å². The molecule has 0 unspecified atom stereocenters. The molecule has 3 heterocycles. The largest absolute Gasteiger partial charge is 0.360 e. The Labute approximate surface area is 160 Å². The summed E-state index contributed by atoms with van der Waals surface area (Å²) in [5, 5.41) is 7.14. The quantitative estimate of drug-likeness (QED) is 0.710. The van der Waals surface area contributed by atoms with Gasteiger partial charge in [0.1, 0.15) is 5.76 Å². The van der Waals surface area contributed by atoms with Gasteiger partial charge in [0.2, 0.25) is 0 Å². The normalized spacial score (nSPS) is 24.7. The van der Waals surface area contributed by atoms with E-state index in [4.69, 9.17) is 4.52 Å². The van der Waals surface area contributed by atoms with E-state index in [0.29, 0.717) is 31.0 Å². The van der Waals surface area contributed by atoms with Crippen molar-refractivity contribution in [2.45, 2.75) is 55.6 Å². The van der Waals surface area contributed by atoms with Crippen LogP contribution in [0.25, 0.3) is 0 Å². The number of piperidine rings is 1. The SMILES string of the molecule is C[C@H]1C[C@H](NC(=O)c2cc(C3CC3)on2)CCN1S(O)(O)c1cn(C)cn1.[HH]. The summed E-state index contributed by atoms with van der Waals surface area (Å²) in [4.78, 5) is 16.5. The predicted molar refractivity (Wildman–Crippen MR) is 102 cm³/mol. The third-order valence-corrected chi connectivity index (χ3v) is 7.15. The first-order valence-electron chi connectivity index (χ1n) is 9.15. The molecule has 2 atom stereocenters. The molecule has 1 saturated heterocycles. The Balaban J connectivity index is 0.00000225. The zero-order chi connectivity index (χ0) is 19.2. The number of amides is 1. The zero-order valence-electron chi connectivity index (χ0n) is 15.4. The summed E-state index contributed by atoms with van der Waals surface area (Å²) in [6.45, 7) is 2.38. The minimum Gasteiger partial charge on any atom is -0.360 e. The molecular formula is C17H27N5O4S. The Morgan fingerprint density at radius 2 is 2.19 bits per heavy atom. The number of aromatic nitrogens is 3. The van der Waals surface area contributed by atoms with Crippen molar-refractivity contribution in [1.29, 1.82) is 0 Å². The van der Waals surface area contributed by atoms with E-state index in [1.54, 1.807) is 34.5 Å². The van der Waals surface area contributed by atoms with Crippen LogP contribution < -0.4 is 5.32 Å². The maximum atomic E-state index is 12.4. The lowest BCUT2D eigenvalue weighted by Gasteiger charge is -2.48. The van der Waals surface area contributed by atoms with Crippen LogP contribution in [0.4, 0.5) is 0 Å². The first-order chi connectivity index (χ1) is 12.8. The standard InChI is InChI=1S/C17H25N5O4S.H2/c1-11-7-13(19-17(23)14-8-15(26-20-14)12-3-4-12)5-6-22(11)27(24,25)16-9-21(2)10-18-16;/h8-13,24-25H,3-7H2,1-2H3,(H,19,23);1H/t11-,13+;/m0./s1. The predicted octanol–water partition coefficient (Wildman–Crippen LogP) is 2.84. The van der Waals surface area contributed by atoms with Crippen LogP contribution in [0, 0.1) is 0 Å². The molecule has 0 radical (unpaired) electrons. The Morgan fingerprint density at radius 3 is 2.81 bits per heavy atom. The van der Waals surface area contributed by atoms with Gasteiger partial charge in [0.05, 0.1) is 6.33 Å². The summed E-state index contributed by atoms with van der Waals surface area (Å²) >= 11 is 0. The van der Waals surface area contributed by atoms with Crippen LogP contribution in [-0.2, 0) is 7.05 Å². The molecule has 2 aromatic heterocycles. The molecule has 1 saturated carbocycles. The molecule has 1 aliphatic heterocycles. The molecule has 2 fully saturated rings. The van der Waals surface area contributed by atoms with Crippen molar-refractivity contribution in [2.75, 3.05) is 6.54 Å². The highest BCUT2D eigenvalue weighted by atomic mass is 32.3. The second-order valence-corrected chi connectivity index (χ2v) is 9.39. The minimum atomic E-state index is -3.13. The Morgan fingerprint density at radius 1 is 1.41 bits per heavy atom. The van der Waals surface area contributed by atoms with Crippen LogP contribution in [0.5, 0.6) is 0 Å². The summed E-state index contributed by atoms with van der Waals surface area (Å²) in [6, 6.07) is 1.56. The number of nitrogens with zero attached hydrogens (tertiary/aromatic N) is 4. The third-order valence-electron chi connectivity index (χ3n) is 5.18. The number of rotatable bonds is 5. The van der Waals surface area contributed by atoms with Crippen LogP contribution in [0.3, 0.4) is 0 Å². The van der Waals surface area contributed by atoms with Crippen molar-refractivity contribution in [1.82, 2.24) is 24.3 Å². The van der Waals surface area contributed by atoms with Crippen LogP contribution >= 0.6 is 10.8 Å². The van der Waals surface area contributed by atoms with Crippen molar-refractivity contribution in [2.24, 2.45) is 7.05 Å². The van der Waals surface area contributed by atoms with Crippen molar-refractivity contribution in [3.63, 3.8) is 0 Å². The molecule has 0 aromatic carbocycles. The fourth-order valence-corrected chi connectivity index (χ4v) is 5.21. The summed E-state index contributed by atoms with van der Waals surface area (Å²) in [5.41, 5.74) is 0.310. The lowest BCUT2D eigenvalue weighted by atomic mass is 10.0. The number of imidazole rings is 1. The summed E-state index contributed by atoms with van der Waals surface area (Å²) < 4.78 is 30.0. The molecular weight excluding hydrogens is 370 g/mol. The van der Waals surface area contributed by atoms with Crippen molar-refractivity contribution >= 4 is 16.7 Å². The van der Waals surface area contributed by atoms with Crippen molar-refractivity contribution in [3.05, 3.63) is 30.0 Å². The highest BCUT2D eigenvalue weighted by Gasteiger charge is 2.37. The van der Waals surface area contributed by atoms with Gasteiger partial charge in [-0.2, -0.15) is 4.31 Å². The van der Waals surface area contributed by atoms with E-state index in [1.807, 2.05) is 6.92 Å². The average molecular weight is 398 g/mol. The smallest absolute Gasteiger partial charge is 0.273 e. The van der Waals surface area contributed by atoms with Gasteiger partial charge in [-0.05, 0) is 32.6 Å². The Kier molecular flexibility index (Phi) is 4.75. The molecule has 27 heavy (non-hydrogen) atoms. The van der Waals surface area contributed by atoms with Gasteiger partial charge in [-0.1, -0.05) is 15.9 Å². The summed E-state index contributed by atoms with van der Waals surface area (Å²) in [6.07, 6.45) is 6.59. The van der Waals surface area contributed by atoms with Crippen LogP contribution in [0.1, 0.15) is 56.2 Å². The number of nitrogens with one attached hydrogen (secondary N) is 1. The molecule has 0 bridgehead atoms. The number of aryl methyl sites for hydroxylation is 1. The van der Waals surface area contributed by atoms with Gasteiger partial charge in [-0.3, -0.25) is 13.9 Å². The van der Waals surface area contributed by atoms with E-state index in [0.717, 1.165) is 18.6 Å². The average Bonchev–Trinajstić information content (AvgIpc) is 3.16. The maximum Gasteiger partial charge on any atom is 0.273 e. The van der Waals surface area contributed by atoms with E-state index < -0.39 is 10.8 Å².